The average molecular weight is 357 g/mol. The van der Waals surface area contributed by atoms with E-state index in [1.54, 1.807) is 36.4 Å². The summed E-state index contributed by atoms with van der Waals surface area (Å²) in [5.74, 6) is 0.328. The molecule has 1 unspecified atom stereocenters. The number of nitrogens with two attached hydrogens (primary N) is 1. The van der Waals surface area contributed by atoms with Crippen molar-refractivity contribution in [3.63, 3.8) is 0 Å². The molecule has 1 fully saturated rings. The summed E-state index contributed by atoms with van der Waals surface area (Å²) in [7, 11) is 0. The summed E-state index contributed by atoms with van der Waals surface area (Å²) in [6, 6.07) is 10.2. The summed E-state index contributed by atoms with van der Waals surface area (Å²) in [6.07, 6.45) is 4.48. The van der Waals surface area contributed by atoms with E-state index in [2.05, 4.69) is 5.32 Å². The molecule has 0 aliphatic carbocycles. The van der Waals surface area contributed by atoms with E-state index >= 15 is 0 Å². The molecular weight excluding hydrogens is 334 g/mol. The summed E-state index contributed by atoms with van der Waals surface area (Å²) in [5, 5.41) is 2.73. The van der Waals surface area contributed by atoms with E-state index in [1.165, 1.54) is 6.26 Å². The number of amides is 2. The van der Waals surface area contributed by atoms with E-state index in [1.807, 2.05) is 4.90 Å². The van der Waals surface area contributed by atoms with Gasteiger partial charge < -0.3 is 25.1 Å². The summed E-state index contributed by atoms with van der Waals surface area (Å²) < 4.78 is 10.7. The van der Waals surface area contributed by atoms with Gasteiger partial charge >= 0.3 is 0 Å². The first-order chi connectivity index (χ1) is 12.7. The predicted octanol–water partition coefficient (Wildman–Crippen LogP) is 2.25. The van der Waals surface area contributed by atoms with Crippen LogP contribution >= 0.6 is 0 Å². The van der Waals surface area contributed by atoms with Crippen molar-refractivity contribution in [2.75, 3.05) is 25.0 Å². The number of piperidine rings is 1. The Morgan fingerprint density at radius 3 is 2.92 bits per heavy atom. The molecule has 2 amide bonds. The molecule has 1 aromatic heterocycles. The largest absolute Gasteiger partial charge is 0.484 e. The van der Waals surface area contributed by atoms with Crippen molar-refractivity contribution in [1.29, 1.82) is 0 Å². The third-order valence-corrected chi connectivity index (χ3v) is 4.42. The second-order valence-electron chi connectivity index (χ2n) is 6.22. The zero-order valence-electron chi connectivity index (χ0n) is 14.5. The van der Waals surface area contributed by atoms with Crippen molar-refractivity contribution in [3.8, 4) is 5.75 Å². The van der Waals surface area contributed by atoms with Crippen LogP contribution in [-0.4, -0.2) is 42.5 Å². The summed E-state index contributed by atoms with van der Waals surface area (Å²) in [6.45, 7) is 1.15. The molecule has 2 heterocycles. The molecule has 1 saturated heterocycles. The van der Waals surface area contributed by atoms with E-state index in [9.17, 15) is 9.59 Å². The predicted molar refractivity (Wildman–Crippen MR) is 97.0 cm³/mol. The van der Waals surface area contributed by atoms with Crippen LogP contribution in [-0.2, 0) is 4.79 Å². The first-order valence-electron chi connectivity index (χ1n) is 8.74. The van der Waals surface area contributed by atoms with Gasteiger partial charge in [0, 0.05) is 30.9 Å². The van der Waals surface area contributed by atoms with E-state index in [-0.39, 0.29) is 30.2 Å². The van der Waals surface area contributed by atoms with Crippen LogP contribution in [0.15, 0.2) is 47.1 Å². The van der Waals surface area contributed by atoms with Gasteiger partial charge in [0.15, 0.2) is 12.4 Å². The highest BCUT2D eigenvalue weighted by molar-refractivity contribution is 6.02. The first-order valence-corrected chi connectivity index (χ1v) is 8.74. The number of anilines is 1. The van der Waals surface area contributed by atoms with Crippen LogP contribution in [0.25, 0.3) is 0 Å². The number of nitrogens with one attached hydrogen (secondary N) is 1. The molecule has 7 heteroatoms. The third-order valence-electron chi connectivity index (χ3n) is 4.42. The number of nitrogens with zero attached hydrogens (tertiary/aromatic N) is 1. The van der Waals surface area contributed by atoms with Crippen LogP contribution in [0.3, 0.4) is 0 Å². The third kappa shape index (κ3) is 4.43. The average Bonchev–Trinajstić information content (AvgIpc) is 3.21. The molecule has 1 aliphatic heterocycles. The fourth-order valence-corrected chi connectivity index (χ4v) is 3.07. The van der Waals surface area contributed by atoms with Gasteiger partial charge in [0.2, 0.25) is 0 Å². The van der Waals surface area contributed by atoms with E-state index < -0.39 is 0 Å². The molecule has 0 spiro atoms. The Kier molecular flexibility index (Phi) is 5.91. The lowest BCUT2D eigenvalue weighted by Crippen LogP contribution is -2.49. The van der Waals surface area contributed by atoms with Crippen LogP contribution in [0.4, 0.5) is 5.69 Å². The number of carbonyl (C=O) groups is 2. The number of furan rings is 1. The molecule has 1 atom stereocenters. The van der Waals surface area contributed by atoms with Crippen LogP contribution in [0.5, 0.6) is 5.75 Å². The molecule has 2 aromatic rings. The standard InChI is InChI=1S/C19H23N3O4/c20-12-15-6-1-2-9-22(15)18(23)13-26-16-7-3-5-14(11-16)21-19(24)17-8-4-10-25-17/h3-5,7-8,10-11,15H,1-2,6,9,12-13,20H2,(H,21,24). The fraction of sp³-hybridized carbons (Fsp3) is 0.368. The van der Waals surface area contributed by atoms with Gasteiger partial charge in [-0.05, 0) is 43.5 Å². The Morgan fingerprint density at radius 2 is 2.15 bits per heavy atom. The van der Waals surface area contributed by atoms with Crippen molar-refractivity contribution in [3.05, 3.63) is 48.4 Å². The van der Waals surface area contributed by atoms with E-state index in [0.717, 1.165) is 25.8 Å². The number of ether oxygens (including phenoxy) is 1. The van der Waals surface area contributed by atoms with Crippen molar-refractivity contribution in [2.45, 2.75) is 25.3 Å². The summed E-state index contributed by atoms with van der Waals surface area (Å²) in [5.41, 5.74) is 6.33. The van der Waals surface area contributed by atoms with Gasteiger partial charge in [0.25, 0.3) is 11.8 Å². The molecule has 3 rings (SSSR count). The second kappa shape index (κ2) is 8.53. The lowest BCUT2D eigenvalue weighted by atomic mass is 10.0. The van der Waals surface area contributed by atoms with Gasteiger partial charge in [0.1, 0.15) is 5.75 Å². The van der Waals surface area contributed by atoms with Gasteiger partial charge in [-0.15, -0.1) is 0 Å². The molecule has 0 bridgehead atoms. The van der Waals surface area contributed by atoms with E-state index in [4.69, 9.17) is 14.9 Å². The number of hydrogen-bond acceptors (Lipinski definition) is 5. The van der Waals surface area contributed by atoms with Crippen LogP contribution < -0.4 is 15.8 Å². The maximum atomic E-state index is 12.4. The molecule has 0 saturated carbocycles. The minimum Gasteiger partial charge on any atom is -0.484 e. The molecule has 7 nitrogen and oxygen atoms in total. The molecule has 138 valence electrons. The van der Waals surface area contributed by atoms with Gasteiger partial charge in [-0.2, -0.15) is 0 Å². The van der Waals surface area contributed by atoms with Crippen molar-refractivity contribution < 1.29 is 18.7 Å². The lowest BCUT2D eigenvalue weighted by Gasteiger charge is -2.34. The quantitative estimate of drug-likeness (QED) is 0.826. The zero-order valence-corrected chi connectivity index (χ0v) is 14.5. The van der Waals surface area contributed by atoms with Crippen molar-refractivity contribution in [1.82, 2.24) is 4.90 Å². The fourth-order valence-electron chi connectivity index (χ4n) is 3.07. The Morgan fingerprint density at radius 1 is 1.27 bits per heavy atom. The maximum Gasteiger partial charge on any atom is 0.291 e. The highest BCUT2D eigenvalue weighted by Crippen LogP contribution is 2.20. The number of rotatable bonds is 6. The smallest absolute Gasteiger partial charge is 0.291 e. The SMILES string of the molecule is NCC1CCCCN1C(=O)COc1cccc(NC(=O)c2ccco2)c1. The number of likely N-dealkylation sites (tertiary alicyclic amines) is 1. The number of hydrogen-bond donors (Lipinski definition) is 2. The Labute approximate surface area is 152 Å². The van der Waals surface area contributed by atoms with Crippen LogP contribution in [0.1, 0.15) is 29.8 Å². The molecule has 0 radical (unpaired) electrons. The first kappa shape index (κ1) is 18.0. The zero-order chi connectivity index (χ0) is 18.4. The van der Waals surface area contributed by atoms with Crippen LogP contribution in [0, 0.1) is 0 Å². The van der Waals surface area contributed by atoms with Crippen molar-refractivity contribution >= 4 is 17.5 Å². The Hall–Kier alpha value is -2.80. The minimum absolute atomic E-state index is 0.0495. The van der Waals surface area contributed by atoms with Gasteiger partial charge in [-0.25, -0.2) is 0 Å². The normalized spacial score (nSPS) is 17.0. The van der Waals surface area contributed by atoms with Gasteiger partial charge in [-0.1, -0.05) is 6.07 Å². The van der Waals surface area contributed by atoms with E-state index in [0.29, 0.717) is 18.0 Å². The monoisotopic (exact) mass is 357 g/mol. The Balaban J connectivity index is 1.56. The highest BCUT2D eigenvalue weighted by atomic mass is 16.5. The molecule has 26 heavy (non-hydrogen) atoms. The number of carbonyl (C=O) groups excluding carboxylic acids is 2. The number of benzene rings is 1. The second-order valence-corrected chi connectivity index (χ2v) is 6.22. The summed E-state index contributed by atoms with van der Waals surface area (Å²) in [4.78, 5) is 26.2. The van der Waals surface area contributed by atoms with Crippen LogP contribution in [0.2, 0.25) is 0 Å². The van der Waals surface area contributed by atoms with Gasteiger partial charge in [0.05, 0.1) is 6.26 Å². The summed E-state index contributed by atoms with van der Waals surface area (Å²) >= 11 is 0. The molecule has 1 aromatic carbocycles. The minimum atomic E-state index is -0.345. The molecular formula is C19H23N3O4. The topological polar surface area (TPSA) is 97.8 Å². The Bertz CT molecular complexity index is 745. The molecule has 1 aliphatic rings. The lowest BCUT2D eigenvalue weighted by molar-refractivity contribution is -0.136. The maximum absolute atomic E-state index is 12.4. The molecule has 3 N–H and O–H groups in total. The van der Waals surface area contributed by atoms with Gasteiger partial charge in [-0.3, -0.25) is 9.59 Å². The highest BCUT2D eigenvalue weighted by Gasteiger charge is 2.25. The van der Waals surface area contributed by atoms with Crippen molar-refractivity contribution in [2.24, 2.45) is 5.73 Å².